The van der Waals surface area contributed by atoms with E-state index >= 15 is 0 Å². The van der Waals surface area contributed by atoms with Crippen molar-refractivity contribution in [3.05, 3.63) is 77.4 Å². The molecule has 0 bridgehead atoms. The predicted octanol–water partition coefficient (Wildman–Crippen LogP) is 8.38. The molecule has 3 nitrogen and oxygen atoms in total. The molecule has 0 spiro atoms. The maximum Gasteiger partial charge on any atom is 0.293 e. The van der Waals surface area contributed by atoms with E-state index in [1.165, 1.54) is 73.5 Å². The Hall–Kier alpha value is -3.59. The maximum absolute atomic E-state index is 6.80. The number of benzene rings is 4. The molecular weight excluding hydrogens is 452 g/mol. The highest BCUT2D eigenvalue weighted by Gasteiger charge is 2.42. The monoisotopic (exact) mass is 487 g/mol. The van der Waals surface area contributed by atoms with Crippen LogP contribution in [0.2, 0.25) is 0 Å². The number of aromatic nitrogens is 2. The van der Waals surface area contributed by atoms with E-state index in [0.717, 1.165) is 11.2 Å². The summed E-state index contributed by atoms with van der Waals surface area (Å²) in [7, 11) is 4.45. The summed E-state index contributed by atoms with van der Waals surface area (Å²) < 4.78 is 11.6. The second-order valence-corrected chi connectivity index (χ2v) is 12.5. The van der Waals surface area contributed by atoms with Crippen LogP contribution in [0.3, 0.4) is 0 Å². The van der Waals surface area contributed by atoms with Crippen LogP contribution in [0, 0.1) is 6.92 Å². The number of nitrogens with zero attached hydrogens (tertiary/aromatic N) is 2. The van der Waals surface area contributed by atoms with Crippen LogP contribution in [0.5, 0.6) is 0 Å². The lowest BCUT2D eigenvalue weighted by atomic mass is 9.63. The van der Waals surface area contributed by atoms with Crippen molar-refractivity contribution >= 4 is 43.7 Å². The molecule has 186 valence electrons. The summed E-state index contributed by atoms with van der Waals surface area (Å²) in [6.45, 7) is 11.9. The molecule has 1 aliphatic rings. The highest BCUT2D eigenvalue weighted by molar-refractivity contribution is 6.17. The third kappa shape index (κ3) is 2.91. The fraction of sp³-hybridized carbons (Fsp3) is 0.324. The van der Waals surface area contributed by atoms with Crippen molar-refractivity contribution in [1.29, 1.82) is 0 Å². The van der Waals surface area contributed by atoms with Crippen molar-refractivity contribution < 1.29 is 8.98 Å². The Labute approximate surface area is 218 Å². The molecule has 0 saturated carbocycles. The Morgan fingerprint density at radius 3 is 2.30 bits per heavy atom. The SMILES string of the molecule is Cc1ccc2c(oc3c4ccccc4ccc23)c1-c1n(C)c2ccc3c(c2[n+]1C)C(C)(C)CCC3(C)C. The zero-order valence-electron chi connectivity index (χ0n) is 23.0. The van der Waals surface area contributed by atoms with Crippen molar-refractivity contribution in [2.75, 3.05) is 0 Å². The number of aryl methyl sites for hydroxylation is 3. The molecule has 37 heavy (non-hydrogen) atoms. The van der Waals surface area contributed by atoms with Crippen LogP contribution in [-0.4, -0.2) is 4.57 Å². The Balaban J connectivity index is 1.61. The van der Waals surface area contributed by atoms with Crippen LogP contribution in [0.4, 0.5) is 0 Å². The summed E-state index contributed by atoms with van der Waals surface area (Å²) in [6.07, 6.45) is 2.41. The van der Waals surface area contributed by atoms with Gasteiger partial charge in [0.05, 0.1) is 14.1 Å². The normalized spacial score (nSPS) is 16.7. The number of hydrogen-bond donors (Lipinski definition) is 0. The largest absolute Gasteiger partial charge is 0.454 e. The second kappa shape index (κ2) is 7.25. The highest BCUT2D eigenvalue weighted by Crippen LogP contribution is 2.48. The fourth-order valence-corrected chi connectivity index (χ4v) is 7.05. The molecule has 0 N–H and O–H groups in total. The molecule has 1 aliphatic carbocycles. The maximum atomic E-state index is 6.80. The van der Waals surface area contributed by atoms with Crippen LogP contribution in [0.15, 0.2) is 65.1 Å². The topological polar surface area (TPSA) is 21.9 Å². The van der Waals surface area contributed by atoms with Crippen molar-refractivity contribution in [1.82, 2.24) is 4.57 Å². The Kier molecular flexibility index (Phi) is 4.43. The van der Waals surface area contributed by atoms with Gasteiger partial charge in [0, 0.05) is 21.7 Å². The van der Waals surface area contributed by atoms with Gasteiger partial charge in [-0.2, -0.15) is 0 Å². The molecule has 0 amide bonds. The van der Waals surface area contributed by atoms with Crippen LogP contribution in [-0.2, 0) is 24.9 Å². The molecule has 0 aliphatic heterocycles. The molecular formula is C34H35N2O+. The molecule has 0 atom stereocenters. The second-order valence-electron chi connectivity index (χ2n) is 12.5. The summed E-state index contributed by atoms with van der Waals surface area (Å²) in [5.74, 6) is 1.19. The molecule has 7 rings (SSSR count). The first kappa shape index (κ1) is 22.6. The van der Waals surface area contributed by atoms with Gasteiger partial charge in [0.25, 0.3) is 5.82 Å². The average Bonchev–Trinajstić information content (AvgIpc) is 3.37. The lowest BCUT2D eigenvalue weighted by Crippen LogP contribution is -2.38. The van der Waals surface area contributed by atoms with Crippen molar-refractivity contribution in [2.45, 2.75) is 58.3 Å². The minimum atomic E-state index is 0.125. The standard InChI is InChI=1S/C34H35N2O/c1-20-12-14-24-23-15-13-21-10-8-9-11-22(21)30(23)37-31(24)27(20)32-35(6)26-17-16-25-28(29(26)36(32)7)34(4,5)19-18-33(25,2)3/h8-17H,18-19H2,1-7H3/q+1. The Morgan fingerprint density at radius 2 is 1.49 bits per heavy atom. The summed E-state index contributed by atoms with van der Waals surface area (Å²) >= 11 is 0. The summed E-state index contributed by atoms with van der Waals surface area (Å²) in [6, 6.07) is 22.1. The van der Waals surface area contributed by atoms with Crippen LogP contribution >= 0.6 is 0 Å². The van der Waals surface area contributed by atoms with E-state index in [0.29, 0.717) is 0 Å². The van der Waals surface area contributed by atoms with Crippen LogP contribution in [0.25, 0.3) is 55.1 Å². The third-order valence-corrected chi connectivity index (χ3v) is 9.23. The van der Waals surface area contributed by atoms with Gasteiger partial charge in [0.2, 0.25) is 0 Å². The van der Waals surface area contributed by atoms with E-state index in [1.807, 2.05) is 0 Å². The predicted molar refractivity (Wildman–Crippen MR) is 154 cm³/mol. The van der Waals surface area contributed by atoms with Crippen LogP contribution < -0.4 is 4.57 Å². The molecule has 2 heterocycles. The molecule has 2 aromatic heterocycles. The summed E-state index contributed by atoms with van der Waals surface area (Å²) in [5.41, 5.74) is 10.3. The summed E-state index contributed by atoms with van der Waals surface area (Å²) in [5, 5.41) is 4.73. The number of imidazole rings is 1. The number of rotatable bonds is 1. The van der Waals surface area contributed by atoms with E-state index in [9.17, 15) is 0 Å². The zero-order chi connectivity index (χ0) is 25.9. The van der Waals surface area contributed by atoms with E-state index in [2.05, 4.69) is 119 Å². The number of furan rings is 1. The molecule has 0 unspecified atom stereocenters. The molecule has 4 aromatic carbocycles. The van der Waals surface area contributed by atoms with Gasteiger partial charge >= 0.3 is 0 Å². The van der Waals surface area contributed by atoms with E-state index in [4.69, 9.17) is 4.42 Å². The smallest absolute Gasteiger partial charge is 0.293 e. The van der Waals surface area contributed by atoms with E-state index < -0.39 is 0 Å². The lowest BCUT2D eigenvalue weighted by molar-refractivity contribution is -0.634. The quantitative estimate of drug-likeness (QED) is 0.214. The molecule has 3 heteroatoms. The van der Waals surface area contributed by atoms with Crippen molar-refractivity contribution in [3.8, 4) is 11.4 Å². The first-order chi connectivity index (χ1) is 17.6. The lowest BCUT2D eigenvalue weighted by Gasteiger charge is -2.41. The van der Waals surface area contributed by atoms with Gasteiger partial charge in [-0.25, -0.2) is 9.13 Å². The average molecular weight is 488 g/mol. The first-order valence-electron chi connectivity index (χ1n) is 13.5. The van der Waals surface area contributed by atoms with Gasteiger partial charge in [-0.05, 0) is 59.2 Å². The van der Waals surface area contributed by atoms with Gasteiger partial charge in [0.15, 0.2) is 16.6 Å². The highest BCUT2D eigenvalue weighted by atomic mass is 16.3. The van der Waals surface area contributed by atoms with E-state index in [1.54, 1.807) is 0 Å². The zero-order valence-corrected chi connectivity index (χ0v) is 23.0. The summed E-state index contributed by atoms with van der Waals surface area (Å²) in [4.78, 5) is 0. The fourth-order valence-electron chi connectivity index (χ4n) is 7.05. The third-order valence-electron chi connectivity index (χ3n) is 9.23. The first-order valence-corrected chi connectivity index (χ1v) is 13.5. The molecule has 0 saturated heterocycles. The molecule has 0 radical (unpaired) electrons. The minimum Gasteiger partial charge on any atom is -0.454 e. The van der Waals surface area contributed by atoms with Gasteiger partial charge in [-0.15, -0.1) is 0 Å². The van der Waals surface area contributed by atoms with Gasteiger partial charge in [-0.1, -0.05) is 76.2 Å². The van der Waals surface area contributed by atoms with Crippen molar-refractivity contribution in [2.24, 2.45) is 14.1 Å². The van der Waals surface area contributed by atoms with Crippen molar-refractivity contribution in [3.63, 3.8) is 0 Å². The van der Waals surface area contributed by atoms with E-state index in [-0.39, 0.29) is 10.8 Å². The Bertz CT molecular complexity index is 1910. The molecule has 6 aromatic rings. The molecule has 0 fully saturated rings. The van der Waals surface area contributed by atoms with Gasteiger partial charge in [0.1, 0.15) is 11.1 Å². The number of fused-ring (bicyclic) bond motifs is 8. The number of hydrogen-bond acceptors (Lipinski definition) is 1. The van der Waals surface area contributed by atoms with Gasteiger partial charge in [-0.3, -0.25) is 0 Å². The minimum absolute atomic E-state index is 0.125. The Morgan fingerprint density at radius 1 is 0.784 bits per heavy atom. The van der Waals surface area contributed by atoms with Crippen LogP contribution in [0.1, 0.15) is 57.2 Å². The van der Waals surface area contributed by atoms with Gasteiger partial charge < -0.3 is 4.42 Å².